The molecule has 0 fully saturated rings. The third kappa shape index (κ3) is 2.66. The minimum absolute atomic E-state index is 0.0685. The number of aromatic nitrogens is 5. The molecule has 0 saturated carbocycles. The Morgan fingerprint density at radius 2 is 2.19 bits per heavy atom. The van der Waals surface area contributed by atoms with E-state index in [-0.39, 0.29) is 17.4 Å². The number of H-pyrrole nitrogens is 1. The molecule has 0 aliphatic carbocycles. The number of amides is 1. The van der Waals surface area contributed by atoms with Crippen molar-refractivity contribution in [3.8, 4) is 0 Å². The largest absolute Gasteiger partial charge is 0.435 e. The molecule has 1 aromatic carbocycles. The quantitative estimate of drug-likeness (QED) is 0.476. The maximum absolute atomic E-state index is 14.2. The summed E-state index contributed by atoms with van der Waals surface area (Å²) in [5.74, 6) is -0.473. The van der Waals surface area contributed by atoms with Gasteiger partial charge in [-0.1, -0.05) is 12.1 Å². The van der Waals surface area contributed by atoms with Crippen LogP contribution in [0.15, 0.2) is 53.5 Å². The second-order valence-electron chi connectivity index (χ2n) is 7.65. The van der Waals surface area contributed by atoms with E-state index in [1.54, 1.807) is 34.1 Å². The topological polar surface area (TPSA) is 92.3 Å². The lowest BCUT2D eigenvalue weighted by Crippen LogP contribution is -2.40. The average molecular weight is 416 g/mol. The molecule has 1 aliphatic rings. The molecule has 0 radical (unpaired) electrons. The second-order valence-corrected chi connectivity index (χ2v) is 7.65. The molecule has 1 N–H and O–H groups in total. The lowest BCUT2D eigenvalue weighted by molar-refractivity contribution is 0.0669. The van der Waals surface area contributed by atoms with E-state index in [9.17, 15) is 9.18 Å². The molecule has 154 valence electrons. The van der Waals surface area contributed by atoms with E-state index in [1.807, 2.05) is 25.3 Å². The second kappa shape index (κ2) is 6.49. The number of benzene rings is 1. The van der Waals surface area contributed by atoms with E-state index in [2.05, 4.69) is 20.1 Å². The predicted molar refractivity (Wildman–Crippen MR) is 109 cm³/mol. The van der Waals surface area contributed by atoms with Crippen LogP contribution in [-0.4, -0.2) is 41.9 Å². The first kappa shape index (κ1) is 17.8. The highest BCUT2D eigenvalue weighted by molar-refractivity contribution is 6.01. The van der Waals surface area contributed by atoms with Gasteiger partial charge in [0.25, 0.3) is 5.91 Å². The van der Waals surface area contributed by atoms with E-state index < -0.39 is 11.9 Å². The number of rotatable bonds is 2. The minimum Gasteiger partial charge on any atom is -0.435 e. The molecule has 0 bridgehead atoms. The molecule has 4 aromatic heterocycles. The highest BCUT2D eigenvalue weighted by Crippen LogP contribution is 2.36. The van der Waals surface area contributed by atoms with Crippen molar-refractivity contribution in [1.82, 2.24) is 29.5 Å². The Kier molecular flexibility index (Phi) is 3.73. The van der Waals surface area contributed by atoms with Gasteiger partial charge >= 0.3 is 0 Å². The van der Waals surface area contributed by atoms with Crippen LogP contribution in [0, 0.1) is 12.7 Å². The first-order valence-corrected chi connectivity index (χ1v) is 9.92. The summed E-state index contributed by atoms with van der Waals surface area (Å²) in [5.41, 5.74) is 4.26. The summed E-state index contributed by atoms with van der Waals surface area (Å²) < 4.78 is 21.7. The fraction of sp³-hybridized carbons (Fsp3) is 0.182. The Labute approximate surface area is 175 Å². The predicted octanol–water partition coefficient (Wildman–Crippen LogP) is 3.43. The molecule has 6 rings (SSSR count). The van der Waals surface area contributed by atoms with Gasteiger partial charge < -0.3 is 14.3 Å². The fourth-order valence-corrected chi connectivity index (χ4v) is 4.20. The summed E-state index contributed by atoms with van der Waals surface area (Å²) in [6.07, 6.45) is 5.65. The Balaban J connectivity index is 1.49. The SMILES string of the molecule is Cc1ccc2c(C(=O)N3CCc4[nH]cnc4[C@H]3c3nc4cccc(F)c4o3)cnn2c1. The van der Waals surface area contributed by atoms with Gasteiger partial charge in [-0.2, -0.15) is 5.10 Å². The highest BCUT2D eigenvalue weighted by Gasteiger charge is 2.38. The van der Waals surface area contributed by atoms with Gasteiger partial charge in [0, 0.05) is 24.9 Å². The zero-order valence-electron chi connectivity index (χ0n) is 16.5. The van der Waals surface area contributed by atoms with Gasteiger partial charge in [0.2, 0.25) is 5.89 Å². The number of oxazole rings is 1. The van der Waals surface area contributed by atoms with Gasteiger partial charge in [-0.05, 0) is 30.7 Å². The van der Waals surface area contributed by atoms with Crippen LogP contribution in [0.2, 0.25) is 0 Å². The molecule has 8 nitrogen and oxygen atoms in total. The molecule has 1 amide bonds. The molecule has 1 atom stereocenters. The van der Waals surface area contributed by atoms with Crippen molar-refractivity contribution in [2.24, 2.45) is 0 Å². The summed E-state index contributed by atoms with van der Waals surface area (Å²) in [6.45, 7) is 2.40. The number of halogens is 1. The monoisotopic (exact) mass is 416 g/mol. The summed E-state index contributed by atoms with van der Waals surface area (Å²) in [6, 6.07) is 7.73. The number of pyridine rings is 1. The van der Waals surface area contributed by atoms with Gasteiger partial charge in [-0.15, -0.1) is 0 Å². The summed E-state index contributed by atoms with van der Waals surface area (Å²) in [4.78, 5) is 27.4. The van der Waals surface area contributed by atoms with E-state index >= 15 is 0 Å². The minimum atomic E-state index is -0.672. The maximum Gasteiger partial charge on any atom is 0.258 e. The van der Waals surface area contributed by atoms with Crippen LogP contribution in [0.4, 0.5) is 4.39 Å². The molecule has 9 heteroatoms. The van der Waals surface area contributed by atoms with Crippen LogP contribution in [0.3, 0.4) is 0 Å². The Morgan fingerprint density at radius 3 is 3.06 bits per heavy atom. The number of fused-ring (bicyclic) bond motifs is 3. The zero-order chi connectivity index (χ0) is 21.1. The average Bonchev–Trinajstić information content (AvgIpc) is 3.50. The number of nitrogens with one attached hydrogen (secondary N) is 1. The van der Waals surface area contributed by atoms with Gasteiger partial charge in [-0.3, -0.25) is 4.79 Å². The summed E-state index contributed by atoms with van der Waals surface area (Å²) >= 11 is 0. The number of carbonyl (C=O) groups is 1. The first-order chi connectivity index (χ1) is 15.1. The first-order valence-electron chi connectivity index (χ1n) is 9.92. The van der Waals surface area contributed by atoms with Crippen LogP contribution in [0.1, 0.15) is 39.2 Å². The molecular weight excluding hydrogens is 399 g/mol. The number of aryl methyl sites for hydroxylation is 1. The third-order valence-corrected chi connectivity index (χ3v) is 5.70. The number of para-hydroxylation sites is 1. The van der Waals surface area contributed by atoms with E-state index in [1.165, 1.54) is 6.07 Å². The van der Waals surface area contributed by atoms with Crippen molar-refractivity contribution in [3.63, 3.8) is 0 Å². The lowest BCUT2D eigenvalue weighted by atomic mass is 10.0. The Morgan fingerprint density at radius 1 is 1.29 bits per heavy atom. The molecule has 0 saturated heterocycles. The standard InChI is InChI=1S/C22H17FN6O2/c1-12-5-6-17-13(9-26-29(17)10-12)22(30)28-8-7-15-18(25-11-24-15)19(28)21-27-16-4-2-3-14(23)20(16)31-21/h2-6,9-11,19H,7-8H2,1H3,(H,24,25)/t19-/m0/s1. The number of hydrogen-bond donors (Lipinski definition) is 1. The highest BCUT2D eigenvalue weighted by atomic mass is 19.1. The molecule has 5 aromatic rings. The third-order valence-electron chi connectivity index (χ3n) is 5.70. The molecule has 5 heterocycles. The van der Waals surface area contributed by atoms with Crippen molar-refractivity contribution in [2.75, 3.05) is 6.54 Å². The van der Waals surface area contributed by atoms with Crippen LogP contribution in [0.25, 0.3) is 16.6 Å². The number of nitrogens with zero attached hydrogens (tertiary/aromatic N) is 5. The van der Waals surface area contributed by atoms with Gasteiger partial charge in [0.1, 0.15) is 5.52 Å². The molecule has 1 aliphatic heterocycles. The number of hydrogen-bond acceptors (Lipinski definition) is 5. The van der Waals surface area contributed by atoms with Crippen LogP contribution in [0.5, 0.6) is 0 Å². The van der Waals surface area contributed by atoms with Crippen molar-refractivity contribution in [1.29, 1.82) is 0 Å². The zero-order valence-corrected chi connectivity index (χ0v) is 16.5. The smallest absolute Gasteiger partial charge is 0.258 e. The number of imidazole rings is 1. The number of aromatic amines is 1. The van der Waals surface area contributed by atoms with Crippen molar-refractivity contribution >= 4 is 22.5 Å². The fourth-order valence-electron chi connectivity index (χ4n) is 4.20. The maximum atomic E-state index is 14.2. The van der Waals surface area contributed by atoms with Crippen LogP contribution >= 0.6 is 0 Å². The lowest BCUT2D eigenvalue weighted by Gasteiger charge is -2.32. The Bertz CT molecular complexity index is 1470. The van der Waals surface area contributed by atoms with Gasteiger partial charge in [0.15, 0.2) is 17.4 Å². The summed E-state index contributed by atoms with van der Waals surface area (Å²) in [5, 5.41) is 4.33. The van der Waals surface area contributed by atoms with E-state index in [0.717, 1.165) is 11.3 Å². The molecule has 0 spiro atoms. The number of carbonyl (C=O) groups excluding carboxylic acids is 1. The van der Waals surface area contributed by atoms with E-state index in [4.69, 9.17) is 4.42 Å². The van der Waals surface area contributed by atoms with Gasteiger partial charge in [0.05, 0.1) is 29.3 Å². The van der Waals surface area contributed by atoms with Crippen molar-refractivity contribution < 1.29 is 13.6 Å². The molecule has 0 unspecified atom stereocenters. The summed E-state index contributed by atoms with van der Waals surface area (Å²) in [7, 11) is 0. The normalized spacial score (nSPS) is 16.2. The van der Waals surface area contributed by atoms with E-state index in [0.29, 0.717) is 35.3 Å². The molecular formula is C22H17FN6O2. The Hall–Kier alpha value is -4.01. The van der Waals surface area contributed by atoms with Crippen LogP contribution < -0.4 is 0 Å². The molecule has 31 heavy (non-hydrogen) atoms. The van der Waals surface area contributed by atoms with Gasteiger partial charge in [-0.25, -0.2) is 18.9 Å². The van der Waals surface area contributed by atoms with Crippen molar-refractivity contribution in [2.45, 2.75) is 19.4 Å². The van der Waals surface area contributed by atoms with Crippen molar-refractivity contribution in [3.05, 3.63) is 83.3 Å². The van der Waals surface area contributed by atoms with Crippen LogP contribution in [-0.2, 0) is 6.42 Å².